The predicted molar refractivity (Wildman–Crippen MR) is 92.3 cm³/mol. The van der Waals surface area contributed by atoms with E-state index in [1.807, 2.05) is 26.0 Å². The largest absolute Gasteiger partial charge is 0.506 e. The number of nitrogens with zero attached hydrogens (tertiary/aromatic N) is 1. The number of carboxylic acids is 1. The van der Waals surface area contributed by atoms with Crippen LogP contribution in [0.1, 0.15) is 37.3 Å². The van der Waals surface area contributed by atoms with Gasteiger partial charge >= 0.3 is 5.97 Å². The first-order chi connectivity index (χ1) is 11.5. The molecule has 0 aliphatic rings. The fraction of sp³-hybridized carbons (Fsp3) is 0.263. The van der Waals surface area contributed by atoms with E-state index in [1.54, 1.807) is 18.2 Å². The summed E-state index contributed by atoms with van der Waals surface area (Å²) < 4.78 is 5.63. The minimum atomic E-state index is -0.878. The molecule has 0 bridgehead atoms. The van der Waals surface area contributed by atoms with Gasteiger partial charge in [-0.2, -0.15) is 0 Å². The molecule has 5 heteroatoms. The summed E-state index contributed by atoms with van der Waals surface area (Å²) >= 11 is 0. The van der Waals surface area contributed by atoms with Crippen LogP contribution >= 0.6 is 0 Å². The Kier molecular flexibility index (Phi) is 5.95. The number of aromatic hydroxyl groups is 1. The molecule has 0 spiro atoms. The highest BCUT2D eigenvalue weighted by Gasteiger charge is 2.08. The molecule has 0 radical (unpaired) electrons. The molecule has 1 aromatic carbocycles. The number of carbonyl (C=O) groups is 1. The molecule has 0 amide bonds. The van der Waals surface area contributed by atoms with E-state index >= 15 is 0 Å². The molecule has 2 rings (SSSR count). The maximum absolute atomic E-state index is 11.3. The van der Waals surface area contributed by atoms with Crippen LogP contribution in [0, 0.1) is 6.92 Å². The highest BCUT2D eigenvalue weighted by molar-refractivity contribution is 5.92. The quantitative estimate of drug-likeness (QED) is 0.729. The van der Waals surface area contributed by atoms with E-state index in [9.17, 15) is 15.0 Å². The van der Waals surface area contributed by atoms with Crippen molar-refractivity contribution in [2.24, 2.45) is 0 Å². The SMILES string of the molecule is CCCCC(=Cc1ccc(Oc2ccc(O)cn2)cc1C)C(=O)O. The molecule has 126 valence electrons. The molecule has 0 saturated heterocycles. The normalized spacial score (nSPS) is 11.3. The standard InChI is InChI=1S/C19H21NO4/c1-3-4-5-15(19(22)23)11-14-6-8-17(10-13(14)2)24-18-9-7-16(21)12-20-18/h6-12,21H,3-5H2,1-2H3,(H,22,23). The van der Waals surface area contributed by atoms with Gasteiger partial charge in [-0.1, -0.05) is 19.4 Å². The van der Waals surface area contributed by atoms with Gasteiger partial charge in [-0.15, -0.1) is 0 Å². The van der Waals surface area contributed by atoms with Crippen LogP contribution in [-0.4, -0.2) is 21.2 Å². The zero-order valence-corrected chi connectivity index (χ0v) is 13.8. The number of ether oxygens (including phenoxy) is 1. The number of carboxylic acid groups (broad SMARTS) is 1. The third-order valence-corrected chi connectivity index (χ3v) is 3.59. The third kappa shape index (κ3) is 4.84. The highest BCUT2D eigenvalue weighted by Crippen LogP contribution is 2.25. The van der Waals surface area contributed by atoms with Crippen molar-refractivity contribution in [1.82, 2.24) is 4.98 Å². The van der Waals surface area contributed by atoms with Gasteiger partial charge in [0.25, 0.3) is 0 Å². The molecule has 2 aromatic rings. The Morgan fingerprint density at radius 3 is 2.67 bits per heavy atom. The monoisotopic (exact) mass is 327 g/mol. The average molecular weight is 327 g/mol. The fourth-order valence-corrected chi connectivity index (χ4v) is 2.22. The van der Waals surface area contributed by atoms with Crippen LogP contribution in [-0.2, 0) is 4.79 Å². The van der Waals surface area contributed by atoms with Gasteiger partial charge in [0.2, 0.25) is 5.88 Å². The van der Waals surface area contributed by atoms with Crippen molar-refractivity contribution in [1.29, 1.82) is 0 Å². The molecule has 5 nitrogen and oxygen atoms in total. The zero-order valence-electron chi connectivity index (χ0n) is 13.8. The highest BCUT2D eigenvalue weighted by atomic mass is 16.5. The first-order valence-electron chi connectivity index (χ1n) is 7.87. The first-order valence-corrected chi connectivity index (χ1v) is 7.87. The van der Waals surface area contributed by atoms with E-state index in [-0.39, 0.29) is 5.75 Å². The minimum absolute atomic E-state index is 0.0762. The number of rotatable bonds is 7. The lowest BCUT2D eigenvalue weighted by Gasteiger charge is -2.08. The molecule has 0 atom stereocenters. The van der Waals surface area contributed by atoms with Crippen LogP contribution in [0.3, 0.4) is 0 Å². The molecular weight excluding hydrogens is 306 g/mol. The average Bonchev–Trinajstić information content (AvgIpc) is 2.55. The maximum Gasteiger partial charge on any atom is 0.331 e. The second-order valence-corrected chi connectivity index (χ2v) is 5.55. The van der Waals surface area contributed by atoms with Crippen molar-refractivity contribution in [3.8, 4) is 17.4 Å². The van der Waals surface area contributed by atoms with Gasteiger partial charge in [0.1, 0.15) is 11.5 Å². The van der Waals surface area contributed by atoms with E-state index in [4.69, 9.17) is 4.74 Å². The van der Waals surface area contributed by atoms with Gasteiger partial charge < -0.3 is 14.9 Å². The summed E-state index contributed by atoms with van der Waals surface area (Å²) in [7, 11) is 0. The summed E-state index contributed by atoms with van der Waals surface area (Å²) in [5.74, 6) is 0.182. The molecule has 0 fully saturated rings. The van der Waals surface area contributed by atoms with Gasteiger partial charge in [-0.25, -0.2) is 9.78 Å². The summed E-state index contributed by atoms with van der Waals surface area (Å²) in [6.07, 6.45) is 5.39. The van der Waals surface area contributed by atoms with Crippen LogP contribution in [0.25, 0.3) is 6.08 Å². The lowest BCUT2D eigenvalue weighted by Crippen LogP contribution is -2.00. The second kappa shape index (κ2) is 8.15. The molecule has 0 unspecified atom stereocenters. The topological polar surface area (TPSA) is 79.7 Å². The Bertz CT molecular complexity index is 736. The Hall–Kier alpha value is -2.82. The smallest absolute Gasteiger partial charge is 0.331 e. The van der Waals surface area contributed by atoms with Crippen molar-refractivity contribution in [2.75, 3.05) is 0 Å². The van der Waals surface area contributed by atoms with Crippen molar-refractivity contribution in [3.63, 3.8) is 0 Å². The van der Waals surface area contributed by atoms with Crippen molar-refractivity contribution < 1.29 is 19.7 Å². The minimum Gasteiger partial charge on any atom is -0.506 e. The number of unbranched alkanes of at least 4 members (excludes halogenated alkanes) is 1. The number of aliphatic carboxylic acids is 1. The molecule has 0 saturated carbocycles. The third-order valence-electron chi connectivity index (χ3n) is 3.59. The molecule has 0 aliphatic heterocycles. The zero-order chi connectivity index (χ0) is 17.5. The predicted octanol–water partition coefficient (Wildman–Crippen LogP) is 4.55. The molecule has 0 aliphatic carbocycles. The van der Waals surface area contributed by atoms with Crippen molar-refractivity contribution in [2.45, 2.75) is 33.1 Å². The number of hydrogen-bond donors (Lipinski definition) is 2. The van der Waals surface area contributed by atoms with Crippen LogP contribution in [0.4, 0.5) is 0 Å². The Morgan fingerprint density at radius 2 is 2.08 bits per heavy atom. The van der Waals surface area contributed by atoms with E-state index in [0.717, 1.165) is 24.0 Å². The Labute approximate surface area is 141 Å². The van der Waals surface area contributed by atoms with Gasteiger partial charge in [-0.05, 0) is 55.2 Å². The van der Waals surface area contributed by atoms with Crippen molar-refractivity contribution in [3.05, 3.63) is 53.2 Å². The molecule has 1 aromatic heterocycles. The van der Waals surface area contributed by atoms with Crippen LogP contribution in [0.5, 0.6) is 17.4 Å². The summed E-state index contributed by atoms with van der Waals surface area (Å²) in [5.41, 5.74) is 2.19. The molecule has 24 heavy (non-hydrogen) atoms. The van der Waals surface area contributed by atoms with E-state index in [1.165, 1.54) is 12.3 Å². The van der Waals surface area contributed by atoms with Crippen LogP contribution < -0.4 is 4.74 Å². The summed E-state index contributed by atoms with van der Waals surface area (Å²) in [5, 5.41) is 18.5. The Morgan fingerprint density at radius 1 is 1.29 bits per heavy atom. The first kappa shape index (κ1) is 17.5. The van der Waals surface area contributed by atoms with Crippen molar-refractivity contribution >= 4 is 12.0 Å². The lowest BCUT2D eigenvalue weighted by molar-refractivity contribution is -0.132. The number of aryl methyl sites for hydroxylation is 1. The number of benzene rings is 1. The lowest BCUT2D eigenvalue weighted by atomic mass is 10.0. The molecular formula is C19H21NO4. The number of pyridine rings is 1. The van der Waals surface area contributed by atoms with E-state index < -0.39 is 5.97 Å². The van der Waals surface area contributed by atoms with E-state index in [0.29, 0.717) is 23.6 Å². The van der Waals surface area contributed by atoms with E-state index in [2.05, 4.69) is 4.98 Å². The Balaban J connectivity index is 2.19. The number of aromatic nitrogens is 1. The van der Waals surface area contributed by atoms with Crippen LogP contribution in [0.15, 0.2) is 42.1 Å². The van der Waals surface area contributed by atoms with Crippen LogP contribution in [0.2, 0.25) is 0 Å². The summed E-state index contributed by atoms with van der Waals surface area (Å²) in [6.45, 7) is 3.94. The molecule has 2 N–H and O–H groups in total. The summed E-state index contributed by atoms with van der Waals surface area (Å²) in [4.78, 5) is 15.3. The molecule has 1 heterocycles. The maximum atomic E-state index is 11.3. The van der Waals surface area contributed by atoms with Gasteiger partial charge in [0.05, 0.1) is 6.20 Å². The summed E-state index contributed by atoms with van der Waals surface area (Å²) in [6, 6.07) is 8.51. The van der Waals surface area contributed by atoms with Gasteiger partial charge in [-0.3, -0.25) is 0 Å². The number of hydrogen-bond acceptors (Lipinski definition) is 4. The van der Waals surface area contributed by atoms with Gasteiger partial charge in [0, 0.05) is 11.6 Å². The van der Waals surface area contributed by atoms with Gasteiger partial charge in [0.15, 0.2) is 0 Å². The second-order valence-electron chi connectivity index (χ2n) is 5.55. The fourth-order valence-electron chi connectivity index (χ4n) is 2.22.